The minimum atomic E-state index is -0.581. The van der Waals surface area contributed by atoms with Gasteiger partial charge in [-0.25, -0.2) is 5.84 Å². The predicted molar refractivity (Wildman–Crippen MR) is 53.6 cm³/mol. The number of amides is 1. The van der Waals surface area contributed by atoms with Gasteiger partial charge in [0.1, 0.15) is 5.75 Å². The molecule has 0 radical (unpaired) electrons. The number of aryl methyl sites for hydroxylation is 1. The van der Waals surface area contributed by atoms with Crippen molar-refractivity contribution in [3.8, 4) is 5.75 Å². The standard InChI is InChI=1S/C10H14N2O2/c1-7-3-5-9(6-4-7)14-8(2)10(13)12-11/h3-6,8H,11H2,1-2H3,(H,12,13)/t8-/m1/s1. The van der Waals surface area contributed by atoms with Crippen LogP contribution < -0.4 is 16.0 Å². The van der Waals surface area contributed by atoms with E-state index in [9.17, 15) is 4.79 Å². The Morgan fingerprint density at radius 3 is 2.50 bits per heavy atom. The average molecular weight is 194 g/mol. The molecular formula is C10H14N2O2. The smallest absolute Gasteiger partial charge is 0.274 e. The lowest BCUT2D eigenvalue weighted by Gasteiger charge is -2.12. The molecule has 0 heterocycles. The third-order valence-electron chi connectivity index (χ3n) is 1.85. The summed E-state index contributed by atoms with van der Waals surface area (Å²) in [5.74, 6) is 5.29. The van der Waals surface area contributed by atoms with Gasteiger partial charge in [0.05, 0.1) is 0 Å². The van der Waals surface area contributed by atoms with E-state index in [4.69, 9.17) is 10.6 Å². The van der Waals surface area contributed by atoms with Crippen molar-refractivity contribution in [2.75, 3.05) is 0 Å². The van der Waals surface area contributed by atoms with Crippen LogP contribution in [0.5, 0.6) is 5.75 Å². The number of hydrazine groups is 1. The van der Waals surface area contributed by atoms with Crippen LogP contribution in [0.4, 0.5) is 0 Å². The van der Waals surface area contributed by atoms with E-state index in [0.29, 0.717) is 5.75 Å². The summed E-state index contributed by atoms with van der Waals surface area (Å²) in [6, 6.07) is 7.47. The Labute approximate surface area is 83.0 Å². The molecule has 4 nitrogen and oxygen atoms in total. The molecule has 0 aliphatic carbocycles. The molecule has 0 unspecified atom stereocenters. The SMILES string of the molecule is Cc1ccc(O[C@H](C)C(=O)NN)cc1. The van der Waals surface area contributed by atoms with Crippen molar-refractivity contribution in [3.63, 3.8) is 0 Å². The topological polar surface area (TPSA) is 64.3 Å². The summed E-state index contributed by atoms with van der Waals surface area (Å²) in [5.41, 5.74) is 3.18. The van der Waals surface area contributed by atoms with Crippen LogP contribution in [0.25, 0.3) is 0 Å². The van der Waals surface area contributed by atoms with Gasteiger partial charge in [-0.05, 0) is 26.0 Å². The normalized spacial score (nSPS) is 11.9. The van der Waals surface area contributed by atoms with E-state index >= 15 is 0 Å². The summed E-state index contributed by atoms with van der Waals surface area (Å²) < 4.78 is 5.33. The maximum absolute atomic E-state index is 11.0. The molecule has 1 atom stereocenters. The number of hydrogen-bond donors (Lipinski definition) is 2. The molecule has 1 aromatic rings. The fourth-order valence-electron chi connectivity index (χ4n) is 0.992. The Kier molecular flexibility index (Phi) is 3.48. The van der Waals surface area contributed by atoms with Gasteiger partial charge in [-0.15, -0.1) is 0 Å². The molecule has 0 aliphatic rings. The molecule has 4 heteroatoms. The Balaban J connectivity index is 2.60. The van der Waals surface area contributed by atoms with Gasteiger partial charge in [-0.3, -0.25) is 10.2 Å². The number of nitrogens with two attached hydrogens (primary N) is 1. The van der Waals surface area contributed by atoms with Gasteiger partial charge in [0, 0.05) is 0 Å². The van der Waals surface area contributed by atoms with Crippen LogP contribution in [0.1, 0.15) is 12.5 Å². The van der Waals surface area contributed by atoms with Crippen LogP contribution >= 0.6 is 0 Å². The van der Waals surface area contributed by atoms with Gasteiger partial charge >= 0.3 is 0 Å². The number of benzene rings is 1. The minimum Gasteiger partial charge on any atom is -0.481 e. The third kappa shape index (κ3) is 2.74. The molecule has 1 aromatic carbocycles. The second kappa shape index (κ2) is 4.62. The lowest BCUT2D eigenvalue weighted by Crippen LogP contribution is -2.40. The van der Waals surface area contributed by atoms with Gasteiger partial charge in [-0.1, -0.05) is 17.7 Å². The highest BCUT2D eigenvalue weighted by Gasteiger charge is 2.12. The van der Waals surface area contributed by atoms with Crippen LogP contribution in [0.2, 0.25) is 0 Å². The quantitative estimate of drug-likeness (QED) is 0.424. The van der Waals surface area contributed by atoms with E-state index in [2.05, 4.69) is 0 Å². The summed E-state index contributed by atoms with van der Waals surface area (Å²) in [4.78, 5) is 11.0. The van der Waals surface area contributed by atoms with E-state index in [1.165, 1.54) is 0 Å². The molecule has 0 aliphatic heterocycles. The zero-order chi connectivity index (χ0) is 10.6. The van der Waals surface area contributed by atoms with E-state index in [-0.39, 0.29) is 5.91 Å². The average Bonchev–Trinajstić information content (AvgIpc) is 2.20. The summed E-state index contributed by atoms with van der Waals surface area (Å²) in [6.07, 6.45) is -0.581. The first-order valence-corrected chi connectivity index (χ1v) is 4.37. The molecule has 3 N–H and O–H groups in total. The van der Waals surface area contributed by atoms with Gasteiger partial charge < -0.3 is 4.74 Å². The number of hydrogen-bond acceptors (Lipinski definition) is 3. The maximum atomic E-state index is 11.0. The first-order valence-electron chi connectivity index (χ1n) is 4.37. The number of nitrogens with one attached hydrogen (secondary N) is 1. The fraction of sp³-hybridized carbons (Fsp3) is 0.300. The Hall–Kier alpha value is -1.55. The Morgan fingerprint density at radius 1 is 1.43 bits per heavy atom. The highest BCUT2D eigenvalue weighted by atomic mass is 16.5. The van der Waals surface area contributed by atoms with Crippen molar-refractivity contribution in [3.05, 3.63) is 29.8 Å². The minimum absolute atomic E-state index is 0.342. The Morgan fingerprint density at radius 2 is 2.00 bits per heavy atom. The van der Waals surface area contributed by atoms with Gasteiger partial charge in [0.15, 0.2) is 6.10 Å². The molecule has 0 bridgehead atoms. The van der Waals surface area contributed by atoms with E-state index < -0.39 is 6.10 Å². The van der Waals surface area contributed by atoms with Crippen molar-refractivity contribution < 1.29 is 9.53 Å². The van der Waals surface area contributed by atoms with Crippen molar-refractivity contribution >= 4 is 5.91 Å². The van der Waals surface area contributed by atoms with Crippen LogP contribution in [0.15, 0.2) is 24.3 Å². The first-order chi connectivity index (χ1) is 6.63. The molecule has 0 aromatic heterocycles. The second-order valence-corrected chi connectivity index (χ2v) is 3.08. The van der Waals surface area contributed by atoms with Gasteiger partial charge in [0.2, 0.25) is 0 Å². The van der Waals surface area contributed by atoms with E-state index in [1.807, 2.05) is 36.6 Å². The van der Waals surface area contributed by atoms with Crippen molar-refractivity contribution in [1.29, 1.82) is 0 Å². The summed E-state index contributed by atoms with van der Waals surface area (Å²) in [6.45, 7) is 3.63. The first kappa shape index (κ1) is 10.5. The molecular weight excluding hydrogens is 180 g/mol. The highest BCUT2D eigenvalue weighted by Crippen LogP contribution is 2.12. The molecule has 0 saturated carbocycles. The van der Waals surface area contributed by atoms with Crippen molar-refractivity contribution in [2.45, 2.75) is 20.0 Å². The number of carbonyl (C=O) groups excluding carboxylic acids is 1. The molecule has 1 rings (SSSR count). The zero-order valence-electron chi connectivity index (χ0n) is 8.28. The van der Waals surface area contributed by atoms with E-state index in [1.54, 1.807) is 6.92 Å². The summed E-state index contributed by atoms with van der Waals surface area (Å²) >= 11 is 0. The molecule has 0 spiro atoms. The fourth-order valence-corrected chi connectivity index (χ4v) is 0.992. The summed E-state index contributed by atoms with van der Waals surface area (Å²) in [5, 5.41) is 0. The highest BCUT2D eigenvalue weighted by molar-refractivity contribution is 5.80. The van der Waals surface area contributed by atoms with Crippen LogP contribution in [-0.4, -0.2) is 12.0 Å². The summed E-state index contributed by atoms with van der Waals surface area (Å²) in [7, 11) is 0. The molecule has 1 amide bonds. The van der Waals surface area contributed by atoms with Gasteiger partial charge in [-0.2, -0.15) is 0 Å². The predicted octanol–water partition coefficient (Wildman–Crippen LogP) is 0.752. The third-order valence-corrected chi connectivity index (χ3v) is 1.85. The van der Waals surface area contributed by atoms with Gasteiger partial charge in [0.25, 0.3) is 5.91 Å². The molecule has 76 valence electrons. The largest absolute Gasteiger partial charge is 0.481 e. The van der Waals surface area contributed by atoms with E-state index in [0.717, 1.165) is 5.56 Å². The van der Waals surface area contributed by atoms with Crippen molar-refractivity contribution in [1.82, 2.24) is 5.43 Å². The molecule has 0 fully saturated rings. The molecule has 0 saturated heterocycles. The van der Waals surface area contributed by atoms with Crippen LogP contribution in [0.3, 0.4) is 0 Å². The number of ether oxygens (including phenoxy) is 1. The Bertz CT molecular complexity index is 308. The van der Waals surface area contributed by atoms with Crippen LogP contribution in [0, 0.1) is 6.92 Å². The monoisotopic (exact) mass is 194 g/mol. The number of carbonyl (C=O) groups is 1. The molecule has 14 heavy (non-hydrogen) atoms. The second-order valence-electron chi connectivity index (χ2n) is 3.08. The zero-order valence-corrected chi connectivity index (χ0v) is 8.28. The van der Waals surface area contributed by atoms with Crippen molar-refractivity contribution in [2.24, 2.45) is 5.84 Å². The lowest BCUT2D eigenvalue weighted by atomic mass is 10.2. The maximum Gasteiger partial charge on any atom is 0.274 e. The van der Waals surface area contributed by atoms with Crippen LogP contribution in [-0.2, 0) is 4.79 Å². The number of rotatable bonds is 3. The lowest BCUT2D eigenvalue weighted by molar-refractivity contribution is -0.127.